The van der Waals surface area contributed by atoms with Gasteiger partial charge in [-0.1, -0.05) is 13.0 Å². The van der Waals surface area contributed by atoms with Crippen molar-refractivity contribution in [1.29, 1.82) is 0 Å². The van der Waals surface area contributed by atoms with E-state index in [0.717, 1.165) is 6.54 Å². The Bertz CT molecular complexity index is 968. The van der Waals surface area contributed by atoms with Gasteiger partial charge in [-0.25, -0.2) is 4.39 Å². The van der Waals surface area contributed by atoms with E-state index in [-0.39, 0.29) is 29.5 Å². The minimum atomic E-state index is -0.489. The number of hydrogen-bond donors (Lipinski definition) is 2. The number of likely N-dealkylation sites (N-methyl/N-ethyl adjacent to an activating group) is 1. The summed E-state index contributed by atoms with van der Waals surface area (Å²) in [6.07, 6.45) is -0.114. The zero-order valence-electron chi connectivity index (χ0n) is 18.9. The van der Waals surface area contributed by atoms with E-state index in [9.17, 15) is 14.0 Å². The Labute approximate surface area is 187 Å². The maximum absolute atomic E-state index is 13.4. The van der Waals surface area contributed by atoms with Gasteiger partial charge >= 0.3 is 0 Å². The maximum Gasteiger partial charge on any atom is 0.257 e. The molecule has 1 aliphatic heterocycles. The molecule has 2 N–H and O–H groups in total. The van der Waals surface area contributed by atoms with Crippen LogP contribution in [-0.4, -0.2) is 62.7 Å². The maximum atomic E-state index is 13.4. The average Bonchev–Trinajstić information content (AvgIpc) is 2.78. The third kappa shape index (κ3) is 5.83. The summed E-state index contributed by atoms with van der Waals surface area (Å²) in [5, 5.41) is 6.17. The van der Waals surface area contributed by atoms with Gasteiger partial charge in [0.05, 0.1) is 11.7 Å². The molecule has 2 aromatic rings. The van der Waals surface area contributed by atoms with Gasteiger partial charge in [0.25, 0.3) is 11.8 Å². The Balaban J connectivity index is 1.87. The number of benzene rings is 2. The van der Waals surface area contributed by atoms with E-state index in [1.54, 1.807) is 37.3 Å². The number of ether oxygens (including phenoxy) is 2. The Morgan fingerprint density at radius 3 is 2.75 bits per heavy atom. The van der Waals surface area contributed by atoms with Crippen LogP contribution in [-0.2, 0) is 4.74 Å². The lowest BCUT2D eigenvalue weighted by Crippen LogP contribution is -2.44. The van der Waals surface area contributed by atoms with Crippen LogP contribution in [0.4, 0.5) is 10.1 Å². The van der Waals surface area contributed by atoms with Crippen LogP contribution in [0.15, 0.2) is 42.5 Å². The lowest BCUT2D eigenvalue weighted by Gasteiger charge is -2.30. The summed E-state index contributed by atoms with van der Waals surface area (Å²) >= 11 is 0. The van der Waals surface area contributed by atoms with E-state index in [0.29, 0.717) is 30.2 Å². The van der Waals surface area contributed by atoms with E-state index in [2.05, 4.69) is 17.6 Å². The zero-order chi connectivity index (χ0) is 23.3. The quantitative estimate of drug-likeness (QED) is 0.762. The molecular formula is C24H30FN3O4. The summed E-state index contributed by atoms with van der Waals surface area (Å²) < 4.78 is 25.0. The smallest absolute Gasteiger partial charge is 0.257 e. The molecular weight excluding hydrogens is 413 g/mol. The fourth-order valence-electron chi connectivity index (χ4n) is 3.57. The van der Waals surface area contributed by atoms with E-state index in [1.165, 1.54) is 24.3 Å². The molecule has 0 aliphatic carbocycles. The van der Waals surface area contributed by atoms with Gasteiger partial charge in [0, 0.05) is 50.6 Å². The molecule has 0 radical (unpaired) electrons. The predicted molar refractivity (Wildman–Crippen MR) is 121 cm³/mol. The van der Waals surface area contributed by atoms with Gasteiger partial charge < -0.3 is 25.0 Å². The highest BCUT2D eigenvalue weighted by atomic mass is 19.1. The Hall–Kier alpha value is -2.97. The van der Waals surface area contributed by atoms with Gasteiger partial charge in [-0.3, -0.25) is 9.59 Å². The highest BCUT2D eigenvalue weighted by Gasteiger charge is 2.25. The molecule has 0 fully saturated rings. The van der Waals surface area contributed by atoms with E-state index >= 15 is 0 Å². The molecule has 0 saturated carbocycles. The van der Waals surface area contributed by atoms with Crippen LogP contribution in [0, 0.1) is 11.7 Å². The lowest BCUT2D eigenvalue weighted by molar-refractivity contribution is 0.0281. The third-order valence-corrected chi connectivity index (χ3v) is 5.57. The summed E-state index contributed by atoms with van der Waals surface area (Å²) in [5.74, 6) is -0.559. The van der Waals surface area contributed by atoms with Gasteiger partial charge in [0.2, 0.25) is 0 Å². The van der Waals surface area contributed by atoms with Crippen molar-refractivity contribution in [2.75, 3.05) is 39.2 Å². The molecule has 3 atom stereocenters. The summed E-state index contributed by atoms with van der Waals surface area (Å²) in [5.41, 5.74) is 1.04. The van der Waals surface area contributed by atoms with Gasteiger partial charge in [0.1, 0.15) is 18.2 Å². The van der Waals surface area contributed by atoms with Crippen LogP contribution in [0.3, 0.4) is 0 Å². The van der Waals surface area contributed by atoms with Crippen LogP contribution < -0.4 is 15.4 Å². The average molecular weight is 444 g/mol. The van der Waals surface area contributed by atoms with Crippen LogP contribution in [0.5, 0.6) is 5.75 Å². The molecule has 2 aromatic carbocycles. The summed E-state index contributed by atoms with van der Waals surface area (Å²) in [6, 6.07) is 10.4. The molecule has 8 heteroatoms. The molecule has 0 unspecified atom stereocenters. The predicted octanol–water partition coefficient (Wildman–Crippen LogP) is 3.17. The Morgan fingerprint density at radius 2 is 2.03 bits per heavy atom. The monoisotopic (exact) mass is 443 g/mol. The highest BCUT2D eigenvalue weighted by Crippen LogP contribution is 2.26. The van der Waals surface area contributed by atoms with Crippen molar-refractivity contribution in [3.05, 3.63) is 59.4 Å². The van der Waals surface area contributed by atoms with Crippen molar-refractivity contribution in [3.63, 3.8) is 0 Å². The molecule has 0 aromatic heterocycles. The minimum Gasteiger partial charge on any atom is -0.491 e. The molecule has 7 nitrogen and oxygen atoms in total. The van der Waals surface area contributed by atoms with Gasteiger partial charge in [-0.05, 0) is 43.2 Å². The number of nitrogens with zero attached hydrogens (tertiary/aromatic N) is 1. The van der Waals surface area contributed by atoms with Crippen LogP contribution >= 0.6 is 0 Å². The molecule has 3 rings (SSSR count). The van der Waals surface area contributed by atoms with Crippen molar-refractivity contribution in [3.8, 4) is 5.75 Å². The van der Waals surface area contributed by atoms with Gasteiger partial charge in [0.15, 0.2) is 0 Å². The zero-order valence-corrected chi connectivity index (χ0v) is 18.9. The Morgan fingerprint density at radius 1 is 1.25 bits per heavy atom. The number of nitrogens with one attached hydrogen (secondary N) is 2. The van der Waals surface area contributed by atoms with Crippen LogP contribution in [0.2, 0.25) is 0 Å². The number of halogens is 1. The molecule has 1 heterocycles. The first kappa shape index (κ1) is 23.7. The second kappa shape index (κ2) is 10.6. The molecule has 2 amide bonds. The number of carbonyl (C=O) groups is 2. The topological polar surface area (TPSA) is 79.9 Å². The molecule has 1 aliphatic rings. The van der Waals surface area contributed by atoms with Crippen molar-refractivity contribution in [2.24, 2.45) is 5.92 Å². The SMILES string of the molecule is CO[C@@H]1CN(C)C(=O)c2ccc(NC(=O)c3cccc(F)c3)cc2OC[C@H](C)NC[C@H]1C. The fraction of sp³-hybridized carbons (Fsp3) is 0.417. The largest absolute Gasteiger partial charge is 0.491 e. The van der Waals surface area contributed by atoms with E-state index < -0.39 is 11.7 Å². The molecule has 0 spiro atoms. The standard InChI is InChI=1S/C24H30FN3O4/c1-15-12-26-16(2)14-32-21-11-19(27-23(29)17-6-5-7-18(25)10-17)8-9-20(21)24(30)28(3)13-22(15)31-4/h5-11,15-16,22,26H,12-14H2,1-4H3,(H,27,29)/t15-,16+,22-/m1/s1. The van der Waals surface area contributed by atoms with Crippen LogP contribution in [0.25, 0.3) is 0 Å². The van der Waals surface area contributed by atoms with Gasteiger partial charge in [-0.2, -0.15) is 0 Å². The van der Waals surface area contributed by atoms with Crippen LogP contribution in [0.1, 0.15) is 34.6 Å². The van der Waals surface area contributed by atoms with Crippen molar-refractivity contribution in [2.45, 2.75) is 26.0 Å². The number of methoxy groups -OCH3 is 1. The van der Waals surface area contributed by atoms with Crippen molar-refractivity contribution in [1.82, 2.24) is 10.2 Å². The minimum absolute atomic E-state index is 0.0422. The van der Waals surface area contributed by atoms with Crippen molar-refractivity contribution >= 4 is 17.5 Å². The first-order valence-electron chi connectivity index (χ1n) is 10.6. The number of anilines is 1. The normalized spacial score (nSPS) is 22.2. The Kier molecular flexibility index (Phi) is 7.82. The van der Waals surface area contributed by atoms with E-state index in [4.69, 9.17) is 9.47 Å². The second-order valence-corrected chi connectivity index (χ2v) is 8.23. The van der Waals surface area contributed by atoms with Gasteiger partial charge in [-0.15, -0.1) is 0 Å². The number of amides is 2. The first-order chi connectivity index (χ1) is 15.3. The molecule has 172 valence electrons. The molecule has 32 heavy (non-hydrogen) atoms. The second-order valence-electron chi connectivity index (χ2n) is 8.23. The third-order valence-electron chi connectivity index (χ3n) is 5.57. The summed E-state index contributed by atoms with van der Waals surface area (Å²) in [7, 11) is 3.38. The fourth-order valence-corrected chi connectivity index (χ4v) is 3.57. The molecule has 0 bridgehead atoms. The number of fused-ring (bicyclic) bond motifs is 1. The summed E-state index contributed by atoms with van der Waals surface area (Å²) in [4.78, 5) is 27.2. The highest BCUT2D eigenvalue weighted by molar-refractivity contribution is 6.05. The first-order valence-corrected chi connectivity index (χ1v) is 10.6. The molecule has 0 saturated heterocycles. The summed E-state index contributed by atoms with van der Waals surface area (Å²) in [6.45, 7) is 5.59. The number of carbonyl (C=O) groups excluding carboxylic acids is 2. The lowest BCUT2D eigenvalue weighted by atomic mass is 10.0. The number of rotatable bonds is 3. The number of hydrogen-bond acceptors (Lipinski definition) is 5. The van der Waals surface area contributed by atoms with E-state index in [1.807, 2.05) is 6.92 Å². The van der Waals surface area contributed by atoms with Crippen molar-refractivity contribution < 1.29 is 23.5 Å².